The Bertz CT molecular complexity index is 768. The highest BCUT2D eigenvalue weighted by Crippen LogP contribution is 2.22. The quantitative estimate of drug-likeness (QED) is 0.856. The molecule has 0 aliphatic heterocycles. The van der Waals surface area contributed by atoms with Crippen LogP contribution in [0.25, 0.3) is 0 Å². The van der Waals surface area contributed by atoms with Gasteiger partial charge in [-0.15, -0.1) is 0 Å². The monoisotopic (exact) mass is 338 g/mol. The Morgan fingerprint density at radius 2 is 1.80 bits per heavy atom. The van der Waals surface area contributed by atoms with E-state index in [-0.39, 0.29) is 18.2 Å². The number of nitrogens with zero attached hydrogens (tertiary/aromatic N) is 1. The third kappa shape index (κ3) is 4.92. The minimum Gasteiger partial charge on any atom is -0.326 e. The van der Waals surface area contributed by atoms with Gasteiger partial charge in [-0.3, -0.25) is 9.59 Å². The zero-order valence-corrected chi connectivity index (χ0v) is 15.4. The smallest absolute Gasteiger partial charge is 0.226 e. The van der Waals surface area contributed by atoms with Crippen LogP contribution in [0.1, 0.15) is 37.0 Å². The number of benzene rings is 2. The van der Waals surface area contributed by atoms with E-state index in [2.05, 4.69) is 12.2 Å². The maximum absolute atomic E-state index is 12.3. The Morgan fingerprint density at radius 3 is 2.48 bits per heavy atom. The number of hydrogen-bond donors (Lipinski definition) is 1. The number of hydrogen-bond acceptors (Lipinski definition) is 2. The van der Waals surface area contributed by atoms with Gasteiger partial charge in [-0.05, 0) is 49.1 Å². The molecule has 2 amide bonds. The molecule has 2 aromatic rings. The van der Waals surface area contributed by atoms with Crippen molar-refractivity contribution in [1.82, 2.24) is 0 Å². The van der Waals surface area contributed by atoms with Crippen LogP contribution >= 0.6 is 0 Å². The van der Waals surface area contributed by atoms with Crippen molar-refractivity contribution in [2.75, 3.05) is 16.8 Å². The molecular formula is C21H26N2O2. The van der Waals surface area contributed by atoms with Crippen LogP contribution < -0.4 is 10.2 Å². The van der Waals surface area contributed by atoms with Gasteiger partial charge in [0.15, 0.2) is 0 Å². The van der Waals surface area contributed by atoms with E-state index in [4.69, 9.17) is 0 Å². The summed E-state index contributed by atoms with van der Waals surface area (Å²) in [7, 11) is 0. The van der Waals surface area contributed by atoms with Crippen LogP contribution in [0.4, 0.5) is 11.4 Å². The summed E-state index contributed by atoms with van der Waals surface area (Å²) in [6.07, 6.45) is 1.11. The molecule has 132 valence electrons. The lowest BCUT2D eigenvalue weighted by Gasteiger charge is -2.23. The fourth-order valence-corrected chi connectivity index (χ4v) is 2.83. The lowest BCUT2D eigenvalue weighted by Crippen LogP contribution is -2.32. The van der Waals surface area contributed by atoms with E-state index in [9.17, 15) is 9.59 Å². The number of rotatable bonds is 6. The summed E-state index contributed by atoms with van der Waals surface area (Å²) in [5.74, 6) is -0.145. The van der Waals surface area contributed by atoms with Crippen molar-refractivity contribution in [3.63, 3.8) is 0 Å². The van der Waals surface area contributed by atoms with E-state index in [1.54, 1.807) is 4.90 Å². The standard InChI is InChI=1S/C21H26N2O2/c1-5-18-8-6-7-9-19(18)22-21(25)12-13-23(17(4)24)20-14-15(2)10-11-16(20)3/h6-11,14H,5,12-13H2,1-4H3,(H,22,25). The van der Waals surface area contributed by atoms with Crippen LogP contribution in [0.15, 0.2) is 42.5 Å². The lowest BCUT2D eigenvalue weighted by molar-refractivity contribution is -0.117. The first-order chi connectivity index (χ1) is 11.9. The largest absolute Gasteiger partial charge is 0.326 e. The molecule has 0 fully saturated rings. The van der Waals surface area contributed by atoms with Gasteiger partial charge in [0, 0.05) is 31.3 Å². The van der Waals surface area contributed by atoms with Gasteiger partial charge < -0.3 is 10.2 Å². The number of para-hydroxylation sites is 1. The van der Waals surface area contributed by atoms with Crippen molar-refractivity contribution < 1.29 is 9.59 Å². The molecule has 25 heavy (non-hydrogen) atoms. The molecular weight excluding hydrogens is 312 g/mol. The van der Waals surface area contributed by atoms with Gasteiger partial charge in [0.2, 0.25) is 11.8 Å². The highest BCUT2D eigenvalue weighted by Gasteiger charge is 2.16. The second-order valence-corrected chi connectivity index (χ2v) is 6.27. The zero-order valence-electron chi connectivity index (χ0n) is 15.4. The predicted octanol–water partition coefficient (Wildman–Crippen LogP) is 4.25. The summed E-state index contributed by atoms with van der Waals surface area (Å²) < 4.78 is 0. The summed E-state index contributed by atoms with van der Waals surface area (Å²) in [5.41, 5.74) is 4.94. The Hall–Kier alpha value is -2.62. The lowest BCUT2D eigenvalue weighted by atomic mass is 10.1. The summed E-state index contributed by atoms with van der Waals surface area (Å²) in [5, 5.41) is 2.96. The molecule has 0 atom stereocenters. The van der Waals surface area contributed by atoms with Crippen molar-refractivity contribution in [2.45, 2.75) is 40.5 Å². The Labute approximate surface area is 149 Å². The second-order valence-electron chi connectivity index (χ2n) is 6.27. The van der Waals surface area contributed by atoms with Crippen molar-refractivity contribution in [2.24, 2.45) is 0 Å². The molecule has 1 N–H and O–H groups in total. The fourth-order valence-electron chi connectivity index (χ4n) is 2.83. The normalized spacial score (nSPS) is 10.4. The maximum Gasteiger partial charge on any atom is 0.226 e. The number of aryl methyl sites for hydroxylation is 3. The zero-order chi connectivity index (χ0) is 18.4. The van der Waals surface area contributed by atoms with Gasteiger partial charge in [0.1, 0.15) is 0 Å². The third-order valence-electron chi connectivity index (χ3n) is 4.27. The Morgan fingerprint density at radius 1 is 1.08 bits per heavy atom. The minimum atomic E-state index is -0.0857. The van der Waals surface area contributed by atoms with Crippen LogP contribution in [0.5, 0.6) is 0 Å². The van der Waals surface area contributed by atoms with Gasteiger partial charge >= 0.3 is 0 Å². The molecule has 4 heteroatoms. The molecule has 0 unspecified atom stereocenters. The molecule has 0 saturated heterocycles. The molecule has 0 bridgehead atoms. The summed E-state index contributed by atoms with van der Waals surface area (Å²) >= 11 is 0. The predicted molar refractivity (Wildman–Crippen MR) is 103 cm³/mol. The van der Waals surface area contributed by atoms with Gasteiger partial charge in [-0.1, -0.05) is 37.3 Å². The molecule has 0 saturated carbocycles. The van der Waals surface area contributed by atoms with Gasteiger partial charge in [0.05, 0.1) is 0 Å². The number of nitrogens with one attached hydrogen (secondary N) is 1. The van der Waals surface area contributed by atoms with Crippen molar-refractivity contribution in [3.8, 4) is 0 Å². The first kappa shape index (κ1) is 18.7. The van der Waals surface area contributed by atoms with Crippen LogP contribution in [-0.4, -0.2) is 18.4 Å². The van der Waals surface area contributed by atoms with Crippen LogP contribution in [0, 0.1) is 13.8 Å². The molecule has 0 spiro atoms. The van der Waals surface area contributed by atoms with Crippen LogP contribution in [0.3, 0.4) is 0 Å². The Balaban J connectivity index is 2.07. The van der Waals surface area contributed by atoms with Crippen molar-refractivity contribution in [3.05, 3.63) is 59.2 Å². The third-order valence-corrected chi connectivity index (χ3v) is 4.27. The molecule has 0 heterocycles. The maximum atomic E-state index is 12.3. The molecule has 2 rings (SSSR count). The minimum absolute atomic E-state index is 0.0598. The number of amides is 2. The fraction of sp³-hybridized carbons (Fsp3) is 0.333. The first-order valence-corrected chi connectivity index (χ1v) is 8.65. The molecule has 0 aliphatic rings. The van der Waals surface area contributed by atoms with E-state index in [1.807, 2.05) is 56.3 Å². The highest BCUT2D eigenvalue weighted by molar-refractivity contribution is 5.95. The summed E-state index contributed by atoms with van der Waals surface area (Å²) in [6.45, 7) is 7.92. The molecule has 2 aromatic carbocycles. The number of carbonyl (C=O) groups excluding carboxylic acids is 2. The first-order valence-electron chi connectivity index (χ1n) is 8.65. The highest BCUT2D eigenvalue weighted by atomic mass is 16.2. The van der Waals surface area contributed by atoms with Gasteiger partial charge in [0.25, 0.3) is 0 Å². The SMILES string of the molecule is CCc1ccccc1NC(=O)CCN(C(C)=O)c1cc(C)ccc1C. The summed E-state index contributed by atoms with van der Waals surface area (Å²) in [4.78, 5) is 26.1. The van der Waals surface area contributed by atoms with Gasteiger partial charge in [-0.2, -0.15) is 0 Å². The summed E-state index contributed by atoms with van der Waals surface area (Å²) in [6, 6.07) is 13.8. The molecule has 4 nitrogen and oxygen atoms in total. The Kier molecular flexibility index (Phi) is 6.34. The van der Waals surface area contributed by atoms with E-state index < -0.39 is 0 Å². The molecule has 0 aliphatic carbocycles. The van der Waals surface area contributed by atoms with E-state index >= 15 is 0 Å². The van der Waals surface area contributed by atoms with Crippen molar-refractivity contribution in [1.29, 1.82) is 0 Å². The topological polar surface area (TPSA) is 49.4 Å². The van der Waals surface area contributed by atoms with E-state index in [0.717, 1.165) is 34.5 Å². The molecule has 0 aromatic heterocycles. The number of anilines is 2. The van der Waals surface area contributed by atoms with E-state index in [0.29, 0.717) is 6.54 Å². The van der Waals surface area contributed by atoms with Gasteiger partial charge in [-0.25, -0.2) is 0 Å². The van der Waals surface area contributed by atoms with Crippen molar-refractivity contribution >= 4 is 23.2 Å². The molecule has 0 radical (unpaired) electrons. The average molecular weight is 338 g/mol. The average Bonchev–Trinajstić information content (AvgIpc) is 2.58. The number of carbonyl (C=O) groups is 2. The van der Waals surface area contributed by atoms with Crippen LogP contribution in [-0.2, 0) is 16.0 Å². The van der Waals surface area contributed by atoms with E-state index in [1.165, 1.54) is 6.92 Å². The second kappa shape index (κ2) is 8.47. The van der Waals surface area contributed by atoms with Crippen LogP contribution in [0.2, 0.25) is 0 Å².